The Labute approximate surface area is 160 Å². The molecule has 0 saturated carbocycles. The summed E-state index contributed by atoms with van der Waals surface area (Å²) in [6.07, 6.45) is -5.30. The van der Waals surface area contributed by atoms with Crippen LogP contribution in [0.3, 0.4) is 0 Å². The molecule has 3 N–H and O–H groups in total. The van der Waals surface area contributed by atoms with E-state index in [2.05, 4.69) is 26.2 Å². The van der Waals surface area contributed by atoms with E-state index in [9.17, 15) is 23.1 Å². The molecule has 1 amide bonds. The summed E-state index contributed by atoms with van der Waals surface area (Å²) in [7, 11) is 0. The van der Waals surface area contributed by atoms with Crippen molar-refractivity contribution in [1.29, 1.82) is 0 Å². The average Bonchev–Trinajstić information content (AvgIpc) is 2.92. The van der Waals surface area contributed by atoms with Crippen LogP contribution in [0, 0.1) is 0 Å². The van der Waals surface area contributed by atoms with E-state index in [4.69, 9.17) is 5.11 Å². The summed E-state index contributed by atoms with van der Waals surface area (Å²) in [5.41, 5.74) is 0.261. The lowest BCUT2D eigenvalue weighted by Gasteiger charge is -2.20. The van der Waals surface area contributed by atoms with Crippen LogP contribution in [-0.4, -0.2) is 27.3 Å². The fourth-order valence-electron chi connectivity index (χ4n) is 2.50. The molecule has 0 radical (unpaired) electrons. The molecule has 0 saturated heterocycles. The van der Waals surface area contributed by atoms with Gasteiger partial charge in [-0.3, -0.25) is 0 Å². The molecule has 0 aliphatic heterocycles. The van der Waals surface area contributed by atoms with Gasteiger partial charge in [0.1, 0.15) is 5.01 Å². The Hall–Kier alpha value is -1.65. The predicted octanol–water partition coefficient (Wildman–Crippen LogP) is 4.59. The van der Waals surface area contributed by atoms with Crippen LogP contribution in [0.15, 0.2) is 28.1 Å². The number of nitrogens with one attached hydrogen (secondary N) is 1. The number of halogens is 4. The minimum absolute atomic E-state index is 0.278. The molecule has 0 fully saturated rings. The van der Waals surface area contributed by atoms with E-state index in [0.29, 0.717) is 26.5 Å². The van der Waals surface area contributed by atoms with Gasteiger partial charge in [-0.1, -0.05) is 12.1 Å². The molecule has 0 aliphatic rings. The zero-order valence-electron chi connectivity index (χ0n) is 13.5. The van der Waals surface area contributed by atoms with Crippen molar-refractivity contribution in [3.8, 4) is 0 Å². The van der Waals surface area contributed by atoms with Gasteiger partial charge in [0, 0.05) is 12.0 Å². The number of thiazole rings is 1. The number of nitrogens with zero attached hydrogens (tertiary/aromatic N) is 1. The molecule has 5 nitrogen and oxygen atoms in total. The number of hydrogen-bond acceptors (Lipinski definition) is 4. The molecule has 2 rings (SSSR count). The zero-order valence-corrected chi connectivity index (χ0v) is 16.0. The quantitative estimate of drug-likeness (QED) is 0.598. The molecule has 2 aromatic rings. The van der Waals surface area contributed by atoms with Gasteiger partial charge in [-0.05, 0) is 47.0 Å². The van der Waals surface area contributed by atoms with E-state index in [1.165, 1.54) is 23.5 Å². The number of aliphatic hydroxyl groups is 1. The second kappa shape index (κ2) is 8.36. The summed E-state index contributed by atoms with van der Waals surface area (Å²) < 4.78 is 39.0. The van der Waals surface area contributed by atoms with Crippen LogP contribution in [0.1, 0.15) is 41.1 Å². The smallest absolute Gasteiger partial charge is 0.416 e. The van der Waals surface area contributed by atoms with Crippen molar-refractivity contribution in [3.63, 3.8) is 0 Å². The van der Waals surface area contributed by atoms with Gasteiger partial charge in [0.15, 0.2) is 0 Å². The SMILES string of the molecule is CC(CC(c1ccc(C(F)(F)F)cc1)c1nc(CO)c(Br)s1)NC(=O)O. The third-order valence-corrected chi connectivity index (χ3v) is 5.66. The molecule has 2 atom stereocenters. The Morgan fingerprint density at radius 2 is 1.96 bits per heavy atom. The first-order valence-electron chi connectivity index (χ1n) is 7.54. The molecule has 0 aliphatic carbocycles. The summed E-state index contributed by atoms with van der Waals surface area (Å²) in [4.78, 5) is 15.2. The molecule has 1 heterocycles. The number of carbonyl (C=O) groups is 1. The molecule has 142 valence electrons. The zero-order chi connectivity index (χ0) is 19.5. The van der Waals surface area contributed by atoms with Crippen molar-refractivity contribution in [3.05, 3.63) is 49.9 Å². The van der Waals surface area contributed by atoms with Crippen LogP contribution in [0.25, 0.3) is 0 Å². The van der Waals surface area contributed by atoms with Crippen LogP contribution in [0.4, 0.5) is 18.0 Å². The second-order valence-electron chi connectivity index (χ2n) is 5.69. The van der Waals surface area contributed by atoms with Crippen LogP contribution >= 0.6 is 27.3 Å². The summed E-state index contributed by atoms with van der Waals surface area (Å²) in [5.74, 6) is -0.416. The Kier molecular flexibility index (Phi) is 6.64. The first kappa shape index (κ1) is 20.7. The van der Waals surface area contributed by atoms with Crippen molar-refractivity contribution in [2.24, 2.45) is 0 Å². The van der Waals surface area contributed by atoms with Gasteiger partial charge >= 0.3 is 12.3 Å². The highest BCUT2D eigenvalue weighted by atomic mass is 79.9. The lowest BCUT2D eigenvalue weighted by atomic mass is 9.92. The fourth-order valence-corrected chi connectivity index (χ4v) is 4.16. The van der Waals surface area contributed by atoms with E-state index in [-0.39, 0.29) is 6.61 Å². The van der Waals surface area contributed by atoms with Gasteiger partial charge in [0.2, 0.25) is 0 Å². The molecular weight excluding hydrogens is 437 g/mol. The van der Waals surface area contributed by atoms with Crippen molar-refractivity contribution in [1.82, 2.24) is 10.3 Å². The Morgan fingerprint density at radius 1 is 1.35 bits per heavy atom. The van der Waals surface area contributed by atoms with E-state index < -0.39 is 29.8 Å². The van der Waals surface area contributed by atoms with Crippen molar-refractivity contribution in [2.45, 2.75) is 38.1 Å². The predicted molar refractivity (Wildman–Crippen MR) is 94.3 cm³/mol. The molecule has 26 heavy (non-hydrogen) atoms. The summed E-state index contributed by atoms with van der Waals surface area (Å²) >= 11 is 4.56. The van der Waals surface area contributed by atoms with Crippen LogP contribution in [0.2, 0.25) is 0 Å². The Morgan fingerprint density at radius 3 is 2.42 bits per heavy atom. The van der Waals surface area contributed by atoms with E-state index >= 15 is 0 Å². The summed E-state index contributed by atoms with van der Waals surface area (Å²) in [6, 6.07) is 4.28. The van der Waals surface area contributed by atoms with Crippen molar-refractivity contribution >= 4 is 33.4 Å². The van der Waals surface area contributed by atoms with Gasteiger partial charge in [-0.2, -0.15) is 13.2 Å². The number of rotatable bonds is 6. The monoisotopic (exact) mass is 452 g/mol. The number of aliphatic hydroxyl groups excluding tert-OH is 1. The summed E-state index contributed by atoms with van der Waals surface area (Å²) in [5, 5.41) is 21.1. The number of carboxylic acid groups (broad SMARTS) is 1. The first-order chi connectivity index (χ1) is 12.1. The van der Waals surface area contributed by atoms with Crippen LogP contribution in [0.5, 0.6) is 0 Å². The van der Waals surface area contributed by atoms with E-state index in [0.717, 1.165) is 12.1 Å². The van der Waals surface area contributed by atoms with Crippen LogP contribution < -0.4 is 5.32 Å². The molecule has 0 bridgehead atoms. The molecular formula is C16H16BrF3N2O3S. The normalized spacial score (nSPS) is 14.1. The van der Waals surface area contributed by atoms with Gasteiger partial charge in [0.05, 0.1) is 21.7 Å². The van der Waals surface area contributed by atoms with Gasteiger partial charge in [-0.25, -0.2) is 9.78 Å². The third kappa shape index (κ3) is 5.18. The summed E-state index contributed by atoms with van der Waals surface area (Å²) in [6.45, 7) is 1.39. The van der Waals surface area contributed by atoms with Crippen molar-refractivity contribution < 1.29 is 28.2 Å². The highest BCUT2D eigenvalue weighted by Crippen LogP contribution is 2.37. The number of aromatic nitrogens is 1. The number of hydrogen-bond donors (Lipinski definition) is 3. The minimum Gasteiger partial charge on any atom is -0.465 e. The van der Waals surface area contributed by atoms with Crippen LogP contribution in [-0.2, 0) is 12.8 Å². The number of benzene rings is 1. The molecule has 10 heteroatoms. The fraction of sp³-hybridized carbons (Fsp3) is 0.375. The maximum absolute atomic E-state index is 12.8. The maximum Gasteiger partial charge on any atom is 0.416 e. The van der Waals surface area contributed by atoms with Gasteiger partial charge in [0.25, 0.3) is 0 Å². The highest BCUT2D eigenvalue weighted by Gasteiger charge is 2.31. The van der Waals surface area contributed by atoms with Crippen molar-refractivity contribution in [2.75, 3.05) is 0 Å². The number of amides is 1. The topological polar surface area (TPSA) is 82.5 Å². The van der Waals surface area contributed by atoms with Gasteiger partial charge < -0.3 is 15.5 Å². The van der Waals surface area contributed by atoms with E-state index in [1.807, 2.05) is 0 Å². The minimum atomic E-state index is -4.43. The highest BCUT2D eigenvalue weighted by molar-refractivity contribution is 9.11. The van der Waals surface area contributed by atoms with E-state index in [1.54, 1.807) is 6.92 Å². The van der Waals surface area contributed by atoms with Gasteiger partial charge in [-0.15, -0.1) is 11.3 Å². The lowest BCUT2D eigenvalue weighted by Crippen LogP contribution is -2.32. The average molecular weight is 453 g/mol. The molecule has 2 unspecified atom stereocenters. The molecule has 0 spiro atoms. The Bertz CT molecular complexity index is 765. The Balaban J connectivity index is 2.37. The lowest BCUT2D eigenvalue weighted by molar-refractivity contribution is -0.137. The maximum atomic E-state index is 12.8. The second-order valence-corrected chi connectivity index (χ2v) is 8.04. The number of alkyl halides is 3. The molecule has 1 aromatic heterocycles. The largest absolute Gasteiger partial charge is 0.465 e. The standard InChI is InChI=1S/C16H16BrF3N2O3S/c1-8(21-15(24)25)6-11(14-22-12(7-23)13(17)26-14)9-2-4-10(5-3-9)16(18,19)20/h2-5,8,11,21,23H,6-7H2,1H3,(H,24,25). The molecule has 1 aromatic carbocycles. The third-order valence-electron chi connectivity index (χ3n) is 3.71. The first-order valence-corrected chi connectivity index (χ1v) is 9.15.